The molecular formula is C18H13Br2N5O. The molecule has 3 aromatic rings. The van der Waals surface area contributed by atoms with Crippen molar-refractivity contribution in [1.29, 1.82) is 0 Å². The fourth-order valence-corrected chi connectivity index (χ4v) is 3.44. The third kappa shape index (κ3) is 3.88. The van der Waals surface area contributed by atoms with Gasteiger partial charge in [0.15, 0.2) is 0 Å². The summed E-state index contributed by atoms with van der Waals surface area (Å²) in [5.41, 5.74) is 11.7. The molecular weight excluding hydrogens is 462 g/mol. The van der Waals surface area contributed by atoms with E-state index in [1.807, 2.05) is 55.5 Å². The van der Waals surface area contributed by atoms with Crippen molar-refractivity contribution in [3.05, 3.63) is 67.9 Å². The molecule has 0 spiro atoms. The van der Waals surface area contributed by atoms with Gasteiger partial charge in [0.25, 0.3) is 0 Å². The van der Waals surface area contributed by atoms with E-state index in [4.69, 9.17) is 10.3 Å². The van der Waals surface area contributed by atoms with Gasteiger partial charge in [-0.25, -0.2) is 9.97 Å². The molecule has 8 heteroatoms. The summed E-state index contributed by atoms with van der Waals surface area (Å²) in [6.45, 7) is 2.44. The van der Waals surface area contributed by atoms with E-state index in [9.17, 15) is 0 Å². The van der Waals surface area contributed by atoms with Gasteiger partial charge in [-0.15, -0.1) is 0 Å². The summed E-state index contributed by atoms with van der Waals surface area (Å²) in [5.74, 6) is 0.730. The highest BCUT2D eigenvalue weighted by Crippen LogP contribution is 2.40. The fourth-order valence-electron chi connectivity index (χ4n) is 2.45. The van der Waals surface area contributed by atoms with Crippen LogP contribution >= 0.6 is 31.9 Å². The minimum Gasteiger partial charge on any atom is -0.493 e. The Morgan fingerprint density at radius 3 is 2.50 bits per heavy atom. The maximum Gasteiger partial charge on any atom is 0.217 e. The molecule has 0 aliphatic rings. The fraction of sp³-hybridized carbons (Fsp3) is 0.111. The lowest BCUT2D eigenvalue weighted by molar-refractivity contribution is 0.341. The van der Waals surface area contributed by atoms with Gasteiger partial charge in [0.1, 0.15) is 5.75 Å². The zero-order valence-corrected chi connectivity index (χ0v) is 16.9. The zero-order valence-electron chi connectivity index (χ0n) is 13.7. The maximum absolute atomic E-state index is 8.83. The first-order valence-electron chi connectivity index (χ1n) is 7.74. The van der Waals surface area contributed by atoms with Crippen LogP contribution < -0.4 is 4.74 Å². The Morgan fingerprint density at radius 1 is 1.08 bits per heavy atom. The van der Waals surface area contributed by atoms with E-state index in [1.54, 1.807) is 0 Å². The number of hydrogen-bond acceptors (Lipinski definition) is 4. The summed E-state index contributed by atoms with van der Waals surface area (Å²) in [5, 5.41) is 3.60. The average molecular weight is 475 g/mol. The molecule has 0 unspecified atom stereocenters. The van der Waals surface area contributed by atoms with Crippen LogP contribution in [0.15, 0.2) is 62.6 Å². The van der Waals surface area contributed by atoms with Crippen LogP contribution in [0.4, 0.5) is 5.95 Å². The Morgan fingerprint density at radius 2 is 1.81 bits per heavy atom. The molecule has 2 aromatic carbocycles. The molecule has 1 heterocycles. The topological polar surface area (TPSA) is 83.8 Å². The van der Waals surface area contributed by atoms with Crippen molar-refractivity contribution in [2.24, 2.45) is 5.11 Å². The van der Waals surface area contributed by atoms with E-state index < -0.39 is 0 Å². The van der Waals surface area contributed by atoms with Crippen LogP contribution in [0, 0.1) is 0 Å². The first-order chi connectivity index (χ1) is 12.6. The Kier molecular flexibility index (Phi) is 5.88. The van der Waals surface area contributed by atoms with Crippen molar-refractivity contribution in [2.45, 2.75) is 6.92 Å². The van der Waals surface area contributed by atoms with Crippen molar-refractivity contribution < 1.29 is 4.74 Å². The number of rotatable bonds is 5. The molecule has 130 valence electrons. The molecule has 0 atom stereocenters. The van der Waals surface area contributed by atoms with E-state index in [0.717, 1.165) is 15.6 Å². The Balaban J connectivity index is 2.30. The third-order valence-electron chi connectivity index (χ3n) is 3.52. The van der Waals surface area contributed by atoms with E-state index >= 15 is 0 Å². The summed E-state index contributed by atoms with van der Waals surface area (Å²) in [6.07, 6.45) is 0. The van der Waals surface area contributed by atoms with Crippen molar-refractivity contribution in [3.63, 3.8) is 0 Å². The van der Waals surface area contributed by atoms with Gasteiger partial charge in [-0.05, 0) is 51.7 Å². The lowest BCUT2D eigenvalue weighted by Crippen LogP contribution is -1.98. The summed E-state index contributed by atoms with van der Waals surface area (Å²) in [4.78, 5) is 11.6. The van der Waals surface area contributed by atoms with Gasteiger partial charge in [0, 0.05) is 20.5 Å². The highest BCUT2D eigenvalue weighted by atomic mass is 79.9. The Labute approximate surface area is 167 Å². The van der Waals surface area contributed by atoms with Crippen LogP contribution in [0.2, 0.25) is 0 Å². The summed E-state index contributed by atoms with van der Waals surface area (Å²) < 4.78 is 7.32. The number of aromatic nitrogens is 2. The molecule has 0 fully saturated rings. The minimum absolute atomic E-state index is 0.0481. The van der Waals surface area contributed by atoms with E-state index in [2.05, 4.69) is 51.9 Å². The number of halogens is 2. The molecule has 26 heavy (non-hydrogen) atoms. The number of hydrogen-bond donors (Lipinski definition) is 0. The molecule has 0 aliphatic heterocycles. The molecule has 0 amide bonds. The van der Waals surface area contributed by atoms with Gasteiger partial charge in [0.2, 0.25) is 5.95 Å². The van der Waals surface area contributed by atoms with E-state index in [1.165, 1.54) is 0 Å². The zero-order chi connectivity index (χ0) is 18.5. The van der Waals surface area contributed by atoms with Gasteiger partial charge in [0.05, 0.1) is 22.5 Å². The quantitative estimate of drug-likeness (QED) is 0.235. The summed E-state index contributed by atoms with van der Waals surface area (Å²) in [6, 6.07) is 15.3. The number of benzene rings is 2. The second kappa shape index (κ2) is 8.31. The van der Waals surface area contributed by atoms with Crippen molar-refractivity contribution in [2.75, 3.05) is 6.61 Å². The maximum atomic E-state index is 8.83. The van der Waals surface area contributed by atoms with E-state index in [-0.39, 0.29) is 5.95 Å². The summed E-state index contributed by atoms with van der Waals surface area (Å²) in [7, 11) is 0. The second-order valence-electron chi connectivity index (χ2n) is 5.16. The Bertz CT molecular complexity index is 988. The third-order valence-corrected chi connectivity index (χ3v) is 4.76. The highest BCUT2D eigenvalue weighted by Gasteiger charge is 2.18. The van der Waals surface area contributed by atoms with Crippen LogP contribution in [0.3, 0.4) is 0 Å². The van der Waals surface area contributed by atoms with Crippen LogP contribution in [0.25, 0.3) is 33.0 Å². The Hall–Kier alpha value is -2.41. The van der Waals surface area contributed by atoms with Gasteiger partial charge >= 0.3 is 0 Å². The smallest absolute Gasteiger partial charge is 0.217 e. The summed E-state index contributed by atoms with van der Waals surface area (Å²) >= 11 is 7.10. The predicted octanol–water partition coefficient (Wildman–Crippen LogP) is 6.68. The standard InChI is InChI=1S/C18H13Br2N5O/c1-2-26-14-9-8-12(19)10-13(14)17-15(20)16(11-6-4-3-5-7-11)22-18(23-17)24-25-21/h3-10H,2H2,1H3. The number of nitrogens with zero attached hydrogens (tertiary/aromatic N) is 5. The molecule has 0 saturated carbocycles. The van der Waals surface area contributed by atoms with Crippen molar-refractivity contribution in [1.82, 2.24) is 9.97 Å². The molecule has 0 N–H and O–H groups in total. The number of ether oxygens (including phenoxy) is 1. The van der Waals surface area contributed by atoms with Gasteiger partial charge in [-0.3, -0.25) is 0 Å². The SMILES string of the molecule is CCOc1ccc(Br)cc1-c1nc(N=[N+]=[N-])nc(-c2ccccc2)c1Br. The second-order valence-corrected chi connectivity index (χ2v) is 6.87. The molecule has 6 nitrogen and oxygen atoms in total. The largest absolute Gasteiger partial charge is 0.493 e. The molecule has 0 bridgehead atoms. The lowest BCUT2D eigenvalue weighted by atomic mass is 10.1. The van der Waals surface area contributed by atoms with Crippen molar-refractivity contribution in [3.8, 4) is 28.3 Å². The van der Waals surface area contributed by atoms with Gasteiger partial charge < -0.3 is 4.74 Å². The molecule has 1 aromatic heterocycles. The molecule has 0 radical (unpaired) electrons. The van der Waals surface area contributed by atoms with Crippen LogP contribution in [-0.2, 0) is 0 Å². The van der Waals surface area contributed by atoms with Crippen LogP contribution in [0.5, 0.6) is 5.75 Å². The van der Waals surface area contributed by atoms with Crippen molar-refractivity contribution >= 4 is 37.8 Å². The highest BCUT2D eigenvalue weighted by molar-refractivity contribution is 9.11. The van der Waals surface area contributed by atoms with Gasteiger partial charge in [-0.2, -0.15) is 0 Å². The molecule has 3 rings (SSSR count). The first-order valence-corrected chi connectivity index (χ1v) is 9.33. The minimum atomic E-state index is 0.0481. The first kappa shape index (κ1) is 18.4. The molecule has 0 saturated heterocycles. The average Bonchev–Trinajstić information content (AvgIpc) is 2.65. The van der Waals surface area contributed by atoms with E-state index in [0.29, 0.717) is 28.2 Å². The monoisotopic (exact) mass is 473 g/mol. The lowest BCUT2D eigenvalue weighted by Gasteiger charge is -2.14. The molecule has 0 aliphatic carbocycles. The van der Waals surface area contributed by atoms with Crippen LogP contribution in [0.1, 0.15) is 6.92 Å². The predicted molar refractivity (Wildman–Crippen MR) is 108 cm³/mol. The van der Waals surface area contributed by atoms with Crippen LogP contribution in [-0.4, -0.2) is 16.6 Å². The van der Waals surface area contributed by atoms with Gasteiger partial charge in [-0.1, -0.05) is 46.3 Å². The normalized spacial score (nSPS) is 10.3. The number of azide groups is 1.